The SMILES string of the molecule is NCCO.NCCO.NCCO.NCCO.NCCO.NCCO. The van der Waals surface area contributed by atoms with Gasteiger partial charge in [0.25, 0.3) is 0 Å². The lowest BCUT2D eigenvalue weighted by molar-refractivity contribution is 0.306. The molecule has 0 spiro atoms. The van der Waals surface area contributed by atoms with Crippen molar-refractivity contribution in [3.05, 3.63) is 0 Å². The van der Waals surface area contributed by atoms with Crippen molar-refractivity contribution in [3.63, 3.8) is 0 Å². The molecule has 0 aromatic carbocycles. The van der Waals surface area contributed by atoms with Gasteiger partial charge in [-0.3, -0.25) is 0 Å². The molecule has 0 saturated carbocycles. The zero-order chi connectivity index (χ0) is 20.5. The van der Waals surface area contributed by atoms with Crippen molar-refractivity contribution in [1.29, 1.82) is 0 Å². The van der Waals surface area contributed by atoms with Crippen LogP contribution in [0.2, 0.25) is 0 Å². The van der Waals surface area contributed by atoms with Crippen LogP contribution < -0.4 is 34.4 Å². The van der Waals surface area contributed by atoms with Crippen LogP contribution in [0.25, 0.3) is 0 Å². The van der Waals surface area contributed by atoms with Crippen LogP contribution >= 0.6 is 0 Å². The lowest BCUT2D eigenvalue weighted by Gasteiger charge is -1.71. The monoisotopic (exact) mass is 366 g/mol. The molecule has 156 valence electrons. The maximum Gasteiger partial charge on any atom is 0.0553 e. The molecule has 12 heteroatoms. The Kier molecular flexibility index (Phi) is 127. The molecule has 0 unspecified atom stereocenters. The van der Waals surface area contributed by atoms with Crippen molar-refractivity contribution in [2.24, 2.45) is 34.4 Å². The van der Waals surface area contributed by atoms with Crippen LogP contribution in [0.3, 0.4) is 0 Å². The minimum absolute atomic E-state index is 0.0972. The minimum Gasteiger partial charge on any atom is -0.395 e. The normalized spacial score (nSPS) is 7.50. The van der Waals surface area contributed by atoms with Gasteiger partial charge in [0.2, 0.25) is 0 Å². The van der Waals surface area contributed by atoms with Gasteiger partial charge in [-0.1, -0.05) is 0 Å². The first-order valence-corrected chi connectivity index (χ1v) is 7.35. The van der Waals surface area contributed by atoms with E-state index in [-0.39, 0.29) is 39.6 Å². The van der Waals surface area contributed by atoms with Gasteiger partial charge in [-0.05, 0) is 0 Å². The quantitative estimate of drug-likeness (QED) is 0.209. The molecular weight excluding hydrogens is 324 g/mol. The van der Waals surface area contributed by atoms with Crippen LogP contribution in [0, 0.1) is 0 Å². The summed E-state index contributed by atoms with van der Waals surface area (Å²) < 4.78 is 0. The highest BCUT2D eigenvalue weighted by atomic mass is 16.3. The highest BCUT2D eigenvalue weighted by Gasteiger charge is 1.58. The zero-order valence-corrected chi connectivity index (χ0v) is 14.6. The summed E-state index contributed by atoms with van der Waals surface area (Å²) in [6.07, 6.45) is 0. The molecule has 0 aliphatic carbocycles. The van der Waals surface area contributed by atoms with E-state index in [0.29, 0.717) is 39.3 Å². The number of aliphatic hydroxyl groups is 6. The van der Waals surface area contributed by atoms with Crippen LogP contribution in [0.4, 0.5) is 0 Å². The fourth-order valence-corrected chi connectivity index (χ4v) is 0. The van der Waals surface area contributed by atoms with E-state index in [1.165, 1.54) is 0 Å². The van der Waals surface area contributed by atoms with E-state index in [0.717, 1.165) is 0 Å². The van der Waals surface area contributed by atoms with Crippen LogP contribution in [-0.2, 0) is 0 Å². The lowest BCUT2D eigenvalue weighted by atomic mass is 10.8. The number of hydrogen-bond donors (Lipinski definition) is 12. The zero-order valence-electron chi connectivity index (χ0n) is 14.6. The topological polar surface area (TPSA) is 278 Å². The predicted octanol–water partition coefficient (Wildman–Crippen LogP) is -6.38. The second kappa shape index (κ2) is 78.6. The first-order valence-electron chi connectivity index (χ1n) is 7.35. The van der Waals surface area contributed by atoms with E-state index < -0.39 is 0 Å². The number of nitrogens with two attached hydrogens (primary N) is 6. The summed E-state index contributed by atoms with van der Waals surface area (Å²) in [6, 6.07) is 0. The molecule has 0 aliphatic rings. The molecule has 0 aliphatic heterocycles. The number of hydrogen-bond acceptors (Lipinski definition) is 12. The third kappa shape index (κ3) is 297. The summed E-state index contributed by atoms with van der Waals surface area (Å²) >= 11 is 0. The van der Waals surface area contributed by atoms with Crippen molar-refractivity contribution >= 4 is 0 Å². The maximum absolute atomic E-state index is 7.75. The van der Waals surface area contributed by atoms with Crippen LogP contribution in [0.15, 0.2) is 0 Å². The summed E-state index contributed by atoms with van der Waals surface area (Å²) in [6.45, 7) is 2.83. The fourth-order valence-electron chi connectivity index (χ4n) is 0. The Morgan fingerprint density at radius 1 is 0.292 bits per heavy atom. The van der Waals surface area contributed by atoms with Gasteiger partial charge in [0.05, 0.1) is 39.6 Å². The van der Waals surface area contributed by atoms with Crippen LogP contribution in [-0.4, -0.2) is 110 Å². The van der Waals surface area contributed by atoms with E-state index in [2.05, 4.69) is 0 Å². The van der Waals surface area contributed by atoms with Gasteiger partial charge in [-0.15, -0.1) is 0 Å². The third-order valence-corrected chi connectivity index (χ3v) is 0.775. The predicted molar refractivity (Wildman–Crippen MR) is 96.8 cm³/mol. The summed E-state index contributed by atoms with van der Waals surface area (Å²) in [5, 5.41) is 46.5. The molecule has 0 heterocycles. The summed E-state index contributed by atoms with van der Waals surface area (Å²) in [4.78, 5) is 0. The molecule has 12 nitrogen and oxygen atoms in total. The standard InChI is InChI=1S/6C2H7NO/c6*3-1-2-4/h6*4H,1-3H2. The Morgan fingerprint density at radius 2 is 0.333 bits per heavy atom. The van der Waals surface area contributed by atoms with Gasteiger partial charge in [0.15, 0.2) is 0 Å². The summed E-state index contributed by atoms with van der Waals surface area (Å²) in [7, 11) is 0. The average Bonchev–Trinajstić information content (AvgIpc) is 2.68. The maximum atomic E-state index is 7.75. The summed E-state index contributed by atoms with van der Waals surface area (Å²) in [5.74, 6) is 0. The summed E-state index contributed by atoms with van der Waals surface area (Å²) in [5.41, 5.74) is 28.7. The molecule has 0 aromatic heterocycles. The van der Waals surface area contributed by atoms with Gasteiger partial charge in [-0.2, -0.15) is 0 Å². The Hall–Kier alpha value is -0.480. The molecule has 0 aromatic rings. The van der Waals surface area contributed by atoms with Crippen molar-refractivity contribution in [2.45, 2.75) is 0 Å². The molecular formula is C12H42N6O6. The van der Waals surface area contributed by atoms with Crippen molar-refractivity contribution in [2.75, 3.05) is 78.9 Å². The van der Waals surface area contributed by atoms with Gasteiger partial charge >= 0.3 is 0 Å². The van der Waals surface area contributed by atoms with E-state index in [4.69, 9.17) is 65.0 Å². The van der Waals surface area contributed by atoms with Crippen LogP contribution in [0.5, 0.6) is 0 Å². The Labute approximate surface area is 145 Å². The number of rotatable bonds is 6. The Morgan fingerprint density at radius 3 is 0.333 bits per heavy atom. The molecule has 0 radical (unpaired) electrons. The Bertz CT molecular complexity index is 79.0. The molecule has 0 fully saturated rings. The molecule has 0 bridgehead atoms. The largest absolute Gasteiger partial charge is 0.395 e. The molecule has 24 heavy (non-hydrogen) atoms. The van der Waals surface area contributed by atoms with E-state index in [9.17, 15) is 0 Å². The van der Waals surface area contributed by atoms with E-state index in [1.807, 2.05) is 0 Å². The molecule has 0 saturated heterocycles. The van der Waals surface area contributed by atoms with Gasteiger partial charge in [-0.25, -0.2) is 0 Å². The van der Waals surface area contributed by atoms with E-state index in [1.54, 1.807) is 0 Å². The third-order valence-electron chi connectivity index (χ3n) is 0.775. The highest BCUT2D eigenvalue weighted by molar-refractivity contribution is 4.19. The molecule has 18 N–H and O–H groups in total. The molecule has 0 atom stereocenters. The highest BCUT2D eigenvalue weighted by Crippen LogP contribution is 1.34. The minimum atomic E-state index is 0.0972. The smallest absolute Gasteiger partial charge is 0.0553 e. The fraction of sp³-hybridized carbons (Fsp3) is 1.00. The van der Waals surface area contributed by atoms with Crippen molar-refractivity contribution < 1.29 is 30.6 Å². The van der Waals surface area contributed by atoms with Crippen molar-refractivity contribution in [3.8, 4) is 0 Å². The second-order valence-corrected chi connectivity index (χ2v) is 3.07. The van der Waals surface area contributed by atoms with Gasteiger partial charge in [0.1, 0.15) is 0 Å². The average molecular weight is 367 g/mol. The van der Waals surface area contributed by atoms with Crippen LogP contribution in [0.1, 0.15) is 0 Å². The Balaban J connectivity index is -0.0000000405. The molecule has 0 amide bonds. The first-order chi connectivity index (χ1) is 11.5. The van der Waals surface area contributed by atoms with Crippen molar-refractivity contribution in [1.82, 2.24) is 0 Å². The lowest BCUT2D eigenvalue weighted by Crippen LogP contribution is -2.02. The first kappa shape index (κ1) is 38.9. The van der Waals surface area contributed by atoms with Gasteiger partial charge in [0, 0.05) is 39.3 Å². The molecule has 0 rings (SSSR count). The second-order valence-electron chi connectivity index (χ2n) is 3.07. The van der Waals surface area contributed by atoms with E-state index >= 15 is 0 Å². The number of aliphatic hydroxyl groups excluding tert-OH is 6. The van der Waals surface area contributed by atoms with Gasteiger partial charge < -0.3 is 65.0 Å².